The SMILES string of the molecule is CCCCCCCCOc1ccc(-c2ccc(C(=O)OC(C)CCC)cc2-c2ccccc2)cc1. The summed E-state index contributed by atoms with van der Waals surface area (Å²) >= 11 is 0. The molecule has 0 radical (unpaired) electrons. The van der Waals surface area contributed by atoms with Gasteiger partial charge in [-0.1, -0.05) is 101 Å². The largest absolute Gasteiger partial charge is 0.494 e. The van der Waals surface area contributed by atoms with Crippen LogP contribution in [0.4, 0.5) is 0 Å². The van der Waals surface area contributed by atoms with E-state index in [4.69, 9.17) is 9.47 Å². The van der Waals surface area contributed by atoms with E-state index in [1.165, 1.54) is 32.1 Å². The van der Waals surface area contributed by atoms with E-state index in [0.717, 1.165) is 53.9 Å². The minimum atomic E-state index is -0.270. The average molecular weight is 473 g/mol. The van der Waals surface area contributed by atoms with Gasteiger partial charge in [0.2, 0.25) is 0 Å². The molecule has 3 heteroatoms. The zero-order valence-electron chi connectivity index (χ0n) is 21.6. The van der Waals surface area contributed by atoms with E-state index in [9.17, 15) is 4.79 Å². The molecule has 0 amide bonds. The molecule has 0 aliphatic heterocycles. The Morgan fingerprint density at radius 2 is 1.43 bits per heavy atom. The van der Waals surface area contributed by atoms with Crippen LogP contribution in [0.25, 0.3) is 22.3 Å². The third kappa shape index (κ3) is 8.28. The lowest BCUT2D eigenvalue weighted by atomic mass is 9.93. The third-order valence-corrected chi connectivity index (χ3v) is 6.28. The van der Waals surface area contributed by atoms with Gasteiger partial charge in [-0.2, -0.15) is 0 Å². The van der Waals surface area contributed by atoms with E-state index in [1.54, 1.807) is 0 Å². The van der Waals surface area contributed by atoms with Crippen molar-refractivity contribution in [1.82, 2.24) is 0 Å². The van der Waals surface area contributed by atoms with Crippen LogP contribution in [0.5, 0.6) is 5.75 Å². The highest BCUT2D eigenvalue weighted by atomic mass is 16.5. The maximum atomic E-state index is 12.8. The van der Waals surface area contributed by atoms with Gasteiger partial charge in [0.15, 0.2) is 0 Å². The van der Waals surface area contributed by atoms with Crippen LogP contribution < -0.4 is 4.74 Å². The molecule has 0 spiro atoms. The first kappa shape index (κ1) is 26.5. The molecule has 0 N–H and O–H groups in total. The summed E-state index contributed by atoms with van der Waals surface area (Å²) in [6.07, 6.45) is 9.30. The number of carbonyl (C=O) groups is 1. The van der Waals surface area contributed by atoms with E-state index in [1.807, 2.05) is 55.5 Å². The smallest absolute Gasteiger partial charge is 0.338 e. The third-order valence-electron chi connectivity index (χ3n) is 6.28. The second-order valence-corrected chi connectivity index (χ2v) is 9.27. The lowest BCUT2D eigenvalue weighted by Crippen LogP contribution is -2.14. The molecule has 1 atom stereocenters. The number of hydrogen-bond donors (Lipinski definition) is 0. The monoisotopic (exact) mass is 472 g/mol. The summed E-state index contributed by atoms with van der Waals surface area (Å²) in [5, 5.41) is 0. The summed E-state index contributed by atoms with van der Waals surface area (Å²) in [5.41, 5.74) is 4.84. The average Bonchev–Trinajstić information content (AvgIpc) is 2.89. The molecule has 0 saturated heterocycles. The summed E-state index contributed by atoms with van der Waals surface area (Å²) in [5.74, 6) is 0.627. The predicted octanol–water partition coefficient (Wildman–Crippen LogP) is 9.11. The molecule has 3 rings (SSSR count). The van der Waals surface area contributed by atoms with Crippen LogP contribution in [0, 0.1) is 0 Å². The molecular weight excluding hydrogens is 432 g/mol. The Hall–Kier alpha value is -3.07. The Morgan fingerprint density at radius 1 is 0.743 bits per heavy atom. The van der Waals surface area contributed by atoms with E-state index < -0.39 is 0 Å². The van der Waals surface area contributed by atoms with Crippen LogP contribution >= 0.6 is 0 Å². The van der Waals surface area contributed by atoms with Crippen LogP contribution in [-0.4, -0.2) is 18.7 Å². The standard InChI is InChI=1S/C32H40O3/c1-4-6-7-8-9-13-23-34-29-20-17-27(18-21-29)30-22-19-28(32(33)35-25(3)14-5-2)24-31(30)26-15-11-10-12-16-26/h10-12,15-22,24-25H,4-9,13-14,23H2,1-3H3. The van der Waals surface area contributed by atoms with Crippen molar-refractivity contribution in [2.75, 3.05) is 6.61 Å². The van der Waals surface area contributed by atoms with E-state index in [0.29, 0.717) is 5.56 Å². The first-order valence-corrected chi connectivity index (χ1v) is 13.3. The fourth-order valence-corrected chi connectivity index (χ4v) is 4.30. The number of unbranched alkanes of at least 4 members (excludes halogenated alkanes) is 5. The number of ether oxygens (including phenoxy) is 2. The fraction of sp³-hybridized carbons (Fsp3) is 0.406. The first-order valence-electron chi connectivity index (χ1n) is 13.3. The zero-order valence-corrected chi connectivity index (χ0v) is 21.6. The number of hydrogen-bond acceptors (Lipinski definition) is 3. The lowest BCUT2D eigenvalue weighted by molar-refractivity contribution is 0.0323. The number of esters is 1. The molecule has 0 bridgehead atoms. The van der Waals surface area contributed by atoms with Crippen molar-refractivity contribution in [3.05, 3.63) is 78.4 Å². The van der Waals surface area contributed by atoms with Crippen molar-refractivity contribution in [1.29, 1.82) is 0 Å². The van der Waals surface area contributed by atoms with Crippen LogP contribution in [0.15, 0.2) is 72.8 Å². The van der Waals surface area contributed by atoms with Gasteiger partial charge in [-0.15, -0.1) is 0 Å². The van der Waals surface area contributed by atoms with Crippen LogP contribution in [0.3, 0.4) is 0 Å². The van der Waals surface area contributed by atoms with Crippen LogP contribution in [0.1, 0.15) is 82.5 Å². The van der Waals surface area contributed by atoms with Gasteiger partial charge in [0, 0.05) is 0 Å². The quantitative estimate of drug-likeness (QED) is 0.173. The van der Waals surface area contributed by atoms with Crippen molar-refractivity contribution in [2.45, 2.75) is 78.2 Å². The molecule has 186 valence electrons. The molecule has 0 aromatic heterocycles. The molecule has 35 heavy (non-hydrogen) atoms. The fourth-order valence-electron chi connectivity index (χ4n) is 4.30. The topological polar surface area (TPSA) is 35.5 Å². The summed E-state index contributed by atoms with van der Waals surface area (Å²) < 4.78 is 11.6. The molecule has 0 aliphatic rings. The highest BCUT2D eigenvalue weighted by molar-refractivity contribution is 5.94. The summed E-state index contributed by atoms with van der Waals surface area (Å²) in [6.45, 7) is 7.04. The Kier molecular flexibility index (Phi) is 10.9. The van der Waals surface area contributed by atoms with Crippen LogP contribution in [-0.2, 0) is 4.74 Å². The number of rotatable bonds is 14. The second-order valence-electron chi connectivity index (χ2n) is 9.27. The van der Waals surface area contributed by atoms with E-state index in [-0.39, 0.29) is 12.1 Å². The Bertz CT molecular complexity index is 1020. The van der Waals surface area contributed by atoms with E-state index >= 15 is 0 Å². The van der Waals surface area contributed by atoms with Crippen molar-refractivity contribution in [3.63, 3.8) is 0 Å². The van der Waals surface area contributed by atoms with Crippen molar-refractivity contribution < 1.29 is 14.3 Å². The van der Waals surface area contributed by atoms with Crippen LogP contribution in [0.2, 0.25) is 0 Å². The van der Waals surface area contributed by atoms with Gasteiger partial charge in [0.25, 0.3) is 0 Å². The Morgan fingerprint density at radius 3 is 2.14 bits per heavy atom. The lowest BCUT2D eigenvalue weighted by Gasteiger charge is -2.15. The van der Waals surface area contributed by atoms with Gasteiger partial charge in [-0.3, -0.25) is 0 Å². The minimum Gasteiger partial charge on any atom is -0.494 e. The summed E-state index contributed by atoms with van der Waals surface area (Å²) in [4.78, 5) is 12.8. The minimum absolute atomic E-state index is 0.0868. The zero-order chi connectivity index (χ0) is 24.9. The number of benzene rings is 3. The van der Waals surface area contributed by atoms with Crippen molar-refractivity contribution in [3.8, 4) is 28.0 Å². The summed E-state index contributed by atoms with van der Waals surface area (Å²) in [7, 11) is 0. The predicted molar refractivity (Wildman–Crippen MR) is 146 cm³/mol. The maximum Gasteiger partial charge on any atom is 0.338 e. The van der Waals surface area contributed by atoms with Gasteiger partial charge in [-0.05, 0) is 66.3 Å². The number of carbonyl (C=O) groups excluding carboxylic acids is 1. The van der Waals surface area contributed by atoms with Crippen molar-refractivity contribution in [2.24, 2.45) is 0 Å². The van der Waals surface area contributed by atoms with Gasteiger partial charge in [0.05, 0.1) is 18.3 Å². The Labute approximate surface area is 211 Å². The molecule has 3 aromatic carbocycles. The highest BCUT2D eigenvalue weighted by Crippen LogP contribution is 2.34. The Balaban J connectivity index is 1.74. The highest BCUT2D eigenvalue weighted by Gasteiger charge is 2.16. The maximum absolute atomic E-state index is 12.8. The van der Waals surface area contributed by atoms with Gasteiger partial charge >= 0.3 is 5.97 Å². The molecule has 0 fully saturated rings. The molecule has 3 aromatic rings. The van der Waals surface area contributed by atoms with E-state index in [2.05, 4.69) is 38.1 Å². The molecule has 0 aliphatic carbocycles. The molecule has 3 nitrogen and oxygen atoms in total. The molecule has 0 saturated carbocycles. The molecule has 1 unspecified atom stereocenters. The second kappa shape index (κ2) is 14.4. The molecular formula is C32H40O3. The van der Waals surface area contributed by atoms with Gasteiger partial charge < -0.3 is 9.47 Å². The van der Waals surface area contributed by atoms with Crippen molar-refractivity contribution >= 4 is 5.97 Å². The molecule has 0 heterocycles. The normalized spacial score (nSPS) is 11.7. The van der Waals surface area contributed by atoms with Gasteiger partial charge in [-0.25, -0.2) is 4.79 Å². The summed E-state index contributed by atoms with van der Waals surface area (Å²) in [6, 6.07) is 24.3. The van der Waals surface area contributed by atoms with Gasteiger partial charge in [0.1, 0.15) is 5.75 Å². The first-order chi connectivity index (χ1) is 17.1.